The molecule has 136 valence electrons. The quantitative estimate of drug-likeness (QED) is 0.467. The summed E-state index contributed by atoms with van der Waals surface area (Å²) in [5.41, 5.74) is 1.85. The third kappa shape index (κ3) is 4.79. The Morgan fingerprint density at radius 3 is 2.15 bits per heavy atom. The van der Waals surface area contributed by atoms with Crippen molar-refractivity contribution in [3.05, 3.63) is 96.2 Å². The predicted molar refractivity (Wildman–Crippen MR) is 103 cm³/mol. The number of pyridine rings is 1. The second-order valence-corrected chi connectivity index (χ2v) is 6.16. The average molecular weight is 362 g/mol. The number of halogens is 1. The normalized spacial score (nSPS) is 11.1. The first kappa shape index (κ1) is 18.3. The summed E-state index contributed by atoms with van der Waals surface area (Å²) < 4.78 is 18.6. The number of carbonyl (C=O) groups is 1. The van der Waals surface area contributed by atoms with E-state index >= 15 is 0 Å². The maximum Gasteiger partial charge on any atom is 0.195 e. The van der Waals surface area contributed by atoms with Gasteiger partial charge in [-0.25, -0.2) is 4.39 Å². The van der Waals surface area contributed by atoms with Crippen molar-refractivity contribution in [2.75, 3.05) is 14.1 Å². The van der Waals surface area contributed by atoms with E-state index in [4.69, 9.17) is 4.74 Å². The highest BCUT2D eigenvalue weighted by molar-refractivity contribution is 6.28. The number of rotatable bonds is 6. The fourth-order valence-electron chi connectivity index (χ4n) is 2.51. The Morgan fingerprint density at radius 1 is 0.963 bits per heavy atom. The van der Waals surface area contributed by atoms with Gasteiger partial charge in [-0.3, -0.25) is 9.78 Å². The Labute approximate surface area is 157 Å². The van der Waals surface area contributed by atoms with Crippen LogP contribution in [0.15, 0.2) is 79.3 Å². The number of hydrogen-bond acceptors (Lipinski definition) is 4. The maximum absolute atomic E-state index is 13.0. The Kier molecular flexibility index (Phi) is 5.61. The van der Waals surface area contributed by atoms with Crippen molar-refractivity contribution in [2.24, 2.45) is 0 Å². The second-order valence-electron chi connectivity index (χ2n) is 6.16. The molecule has 27 heavy (non-hydrogen) atoms. The Hall–Kier alpha value is -3.47. The first-order valence-electron chi connectivity index (χ1n) is 8.40. The van der Waals surface area contributed by atoms with E-state index in [1.54, 1.807) is 61.1 Å². The van der Waals surface area contributed by atoms with Crippen LogP contribution >= 0.6 is 0 Å². The Bertz CT molecular complexity index is 934. The standard InChI is InChI=1S/C22H19FN2O2/c1-25(2)15-21(17-4-3-13-24-14-17)22(26)16-5-9-19(10-6-16)27-20-11-7-18(23)8-12-20/h3-15H,1-2H3/b21-15+. The number of ether oxygens (including phenoxy) is 1. The van der Waals surface area contributed by atoms with Gasteiger partial charge in [0, 0.05) is 49.4 Å². The molecule has 0 aliphatic heterocycles. The number of ketones is 1. The van der Waals surface area contributed by atoms with Gasteiger partial charge in [-0.2, -0.15) is 0 Å². The minimum Gasteiger partial charge on any atom is -0.457 e. The average Bonchev–Trinajstić information content (AvgIpc) is 2.68. The second kappa shape index (κ2) is 8.27. The van der Waals surface area contributed by atoms with E-state index in [0.29, 0.717) is 22.6 Å². The third-order valence-electron chi connectivity index (χ3n) is 3.77. The number of carbonyl (C=O) groups excluding carboxylic acids is 1. The zero-order chi connectivity index (χ0) is 19.2. The number of nitrogens with zero attached hydrogens (tertiary/aromatic N) is 2. The van der Waals surface area contributed by atoms with Gasteiger partial charge < -0.3 is 9.64 Å². The van der Waals surface area contributed by atoms with Crippen molar-refractivity contribution in [1.29, 1.82) is 0 Å². The summed E-state index contributed by atoms with van der Waals surface area (Å²) in [6.07, 6.45) is 5.12. The highest BCUT2D eigenvalue weighted by Crippen LogP contribution is 2.24. The maximum atomic E-state index is 13.0. The fraction of sp³-hybridized carbons (Fsp3) is 0.0909. The van der Waals surface area contributed by atoms with Crippen molar-refractivity contribution in [2.45, 2.75) is 0 Å². The van der Waals surface area contributed by atoms with Crippen LogP contribution in [0.1, 0.15) is 15.9 Å². The van der Waals surface area contributed by atoms with E-state index in [-0.39, 0.29) is 11.6 Å². The molecule has 1 aromatic heterocycles. The molecule has 0 aliphatic carbocycles. The van der Waals surface area contributed by atoms with Gasteiger partial charge in [0.05, 0.1) is 0 Å². The highest BCUT2D eigenvalue weighted by atomic mass is 19.1. The summed E-state index contributed by atoms with van der Waals surface area (Å²) in [4.78, 5) is 18.9. The summed E-state index contributed by atoms with van der Waals surface area (Å²) in [6, 6.07) is 16.3. The highest BCUT2D eigenvalue weighted by Gasteiger charge is 2.15. The third-order valence-corrected chi connectivity index (χ3v) is 3.77. The molecule has 0 N–H and O–H groups in total. The van der Waals surface area contributed by atoms with Gasteiger partial charge in [0.2, 0.25) is 0 Å². The lowest BCUT2D eigenvalue weighted by molar-refractivity contribution is 0.105. The van der Waals surface area contributed by atoms with E-state index in [1.165, 1.54) is 12.1 Å². The molecule has 0 aliphatic rings. The molecule has 3 aromatic rings. The van der Waals surface area contributed by atoms with Crippen LogP contribution in [0, 0.1) is 5.82 Å². The first-order valence-corrected chi connectivity index (χ1v) is 8.40. The lowest BCUT2D eigenvalue weighted by Crippen LogP contribution is -2.09. The molecule has 0 fully saturated rings. The van der Waals surface area contributed by atoms with E-state index in [1.807, 2.05) is 25.1 Å². The monoisotopic (exact) mass is 362 g/mol. The number of benzene rings is 2. The van der Waals surface area contributed by atoms with Crippen molar-refractivity contribution < 1.29 is 13.9 Å². The molecular formula is C22H19FN2O2. The van der Waals surface area contributed by atoms with Crippen LogP contribution in [0.3, 0.4) is 0 Å². The molecule has 0 radical (unpaired) electrons. The molecule has 0 spiro atoms. The van der Waals surface area contributed by atoms with E-state index in [0.717, 1.165) is 5.56 Å². The molecule has 5 heteroatoms. The van der Waals surface area contributed by atoms with Gasteiger partial charge in [-0.15, -0.1) is 0 Å². The van der Waals surface area contributed by atoms with Crippen LogP contribution in [-0.2, 0) is 0 Å². The molecule has 0 atom stereocenters. The van der Waals surface area contributed by atoms with Gasteiger partial charge in [-0.1, -0.05) is 6.07 Å². The lowest BCUT2D eigenvalue weighted by Gasteiger charge is -2.12. The summed E-state index contributed by atoms with van der Waals surface area (Å²) in [5, 5.41) is 0. The Morgan fingerprint density at radius 2 is 1.59 bits per heavy atom. The molecule has 0 amide bonds. The van der Waals surface area contributed by atoms with Crippen LogP contribution in [0.25, 0.3) is 5.57 Å². The first-order chi connectivity index (χ1) is 13.0. The van der Waals surface area contributed by atoms with Crippen LogP contribution in [-0.4, -0.2) is 29.8 Å². The van der Waals surface area contributed by atoms with E-state index in [2.05, 4.69) is 4.98 Å². The van der Waals surface area contributed by atoms with E-state index in [9.17, 15) is 9.18 Å². The number of allylic oxidation sites excluding steroid dienone is 1. The van der Waals surface area contributed by atoms with Gasteiger partial charge in [0.25, 0.3) is 0 Å². The van der Waals surface area contributed by atoms with Crippen molar-refractivity contribution in [1.82, 2.24) is 9.88 Å². The minimum absolute atomic E-state index is 0.106. The number of hydrogen-bond donors (Lipinski definition) is 0. The van der Waals surface area contributed by atoms with Gasteiger partial charge in [0.15, 0.2) is 5.78 Å². The molecule has 2 aromatic carbocycles. The summed E-state index contributed by atoms with van der Waals surface area (Å²) in [7, 11) is 3.73. The molecule has 0 saturated heterocycles. The summed E-state index contributed by atoms with van der Waals surface area (Å²) in [5.74, 6) is 0.667. The smallest absolute Gasteiger partial charge is 0.195 e. The fourth-order valence-corrected chi connectivity index (χ4v) is 2.51. The van der Waals surface area contributed by atoms with Crippen molar-refractivity contribution >= 4 is 11.4 Å². The van der Waals surface area contributed by atoms with Crippen LogP contribution in [0.4, 0.5) is 4.39 Å². The molecule has 0 saturated carbocycles. The minimum atomic E-state index is -0.320. The SMILES string of the molecule is CN(C)/C=C(/C(=O)c1ccc(Oc2ccc(F)cc2)cc1)c1cccnc1. The molecule has 4 nitrogen and oxygen atoms in total. The van der Waals surface area contributed by atoms with Crippen molar-refractivity contribution in [3.63, 3.8) is 0 Å². The van der Waals surface area contributed by atoms with Crippen LogP contribution in [0.2, 0.25) is 0 Å². The summed E-state index contributed by atoms with van der Waals surface area (Å²) in [6.45, 7) is 0. The predicted octanol–water partition coefficient (Wildman–Crippen LogP) is 4.80. The molecular weight excluding hydrogens is 343 g/mol. The van der Waals surface area contributed by atoms with Gasteiger partial charge in [-0.05, 0) is 54.6 Å². The molecule has 3 rings (SSSR count). The van der Waals surface area contributed by atoms with Crippen LogP contribution < -0.4 is 4.74 Å². The largest absolute Gasteiger partial charge is 0.457 e. The number of Topliss-reactive ketones (excluding diaryl/α,β-unsaturated/α-hetero) is 1. The zero-order valence-electron chi connectivity index (χ0n) is 15.1. The van der Waals surface area contributed by atoms with Crippen molar-refractivity contribution in [3.8, 4) is 11.5 Å². The van der Waals surface area contributed by atoms with Crippen LogP contribution in [0.5, 0.6) is 11.5 Å². The lowest BCUT2D eigenvalue weighted by atomic mass is 9.98. The van der Waals surface area contributed by atoms with Gasteiger partial charge in [0.1, 0.15) is 17.3 Å². The molecule has 0 unspecified atom stereocenters. The molecule has 0 bridgehead atoms. The summed E-state index contributed by atoms with van der Waals surface area (Å²) >= 11 is 0. The Balaban J connectivity index is 1.82. The molecule has 1 heterocycles. The number of aromatic nitrogens is 1. The van der Waals surface area contributed by atoms with Gasteiger partial charge >= 0.3 is 0 Å². The zero-order valence-corrected chi connectivity index (χ0v) is 15.1. The van der Waals surface area contributed by atoms with E-state index < -0.39 is 0 Å². The topological polar surface area (TPSA) is 42.4 Å².